The second-order valence-electron chi connectivity index (χ2n) is 4.47. The van der Waals surface area contributed by atoms with Gasteiger partial charge >= 0.3 is 10.2 Å². The Kier molecular flexibility index (Phi) is 4.10. The summed E-state index contributed by atoms with van der Waals surface area (Å²) in [5.74, 6) is -3.85. The fourth-order valence-corrected chi connectivity index (χ4v) is 3.25. The van der Waals surface area contributed by atoms with Crippen LogP contribution in [0.2, 0.25) is 0 Å². The topological polar surface area (TPSA) is 54.5 Å². The average molecular weight is 372 g/mol. The van der Waals surface area contributed by atoms with Crippen LogP contribution in [0.5, 0.6) is 0 Å². The molecule has 20 heavy (non-hydrogen) atoms. The Balaban J connectivity index is 2.27. The van der Waals surface area contributed by atoms with E-state index >= 15 is 0 Å². The summed E-state index contributed by atoms with van der Waals surface area (Å²) in [7, 11) is -4.70. The third kappa shape index (κ3) is 3.14. The molecule has 0 aliphatic carbocycles. The highest BCUT2D eigenvalue weighted by atomic mass is 79.9. The summed E-state index contributed by atoms with van der Waals surface area (Å²) in [4.78, 5) is 12.7. The summed E-state index contributed by atoms with van der Waals surface area (Å²) in [5.41, 5.74) is -0.165. The first-order chi connectivity index (χ1) is 9.19. The van der Waals surface area contributed by atoms with Crippen molar-refractivity contribution in [1.29, 1.82) is 0 Å². The van der Waals surface area contributed by atoms with E-state index < -0.39 is 43.9 Å². The summed E-state index contributed by atoms with van der Waals surface area (Å²) >= 11 is 2.72. The Hall–Kier alpha value is -1.09. The fourth-order valence-electron chi connectivity index (χ4n) is 2.13. The van der Waals surface area contributed by atoms with Gasteiger partial charge in [0.05, 0.1) is 15.9 Å². The third-order valence-corrected chi connectivity index (χ3v) is 4.54. The minimum Gasteiger partial charge on any atom is -0.309 e. The van der Waals surface area contributed by atoms with Crippen molar-refractivity contribution in [2.24, 2.45) is 5.92 Å². The number of hydrogen-bond acceptors (Lipinski definition) is 3. The molecule has 1 saturated heterocycles. The second-order valence-corrected chi connectivity index (χ2v) is 6.68. The standard InChI is InChI=1S/C11H9BrF3NO3S/c12-10-7(13)1-2-8(11(10)14)16-4-6(3-9(16)17)5-20(15,18)19/h1-2,6H,3-5H2. The summed E-state index contributed by atoms with van der Waals surface area (Å²) in [5, 5.41) is 0. The molecule has 1 aromatic carbocycles. The van der Waals surface area contributed by atoms with Gasteiger partial charge in [-0.2, -0.15) is 8.42 Å². The predicted molar refractivity (Wildman–Crippen MR) is 69.4 cm³/mol. The molecule has 1 heterocycles. The van der Waals surface area contributed by atoms with Crippen LogP contribution in [0.15, 0.2) is 16.6 Å². The van der Waals surface area contributed by atoms with Crippen molar-refractivity contribution in [3.63, 3.8) is 0 Å². The van der Waals surface area contributed by atoms with Crippen LogP contribution in [-0.2, 0) is 15.0 Å². The van der Waals surface area contributed by atoms with Crippen molar-refractivity contribution in [3.05, 3.63) is 28.2 Å². The predicted octanol–water partition coefficient (Wildman–Crippen LogP) is 2.38. The van der Waals surface area contributed by atoms with Gasteiger partial charge in [0.15, 0.2) is 5.82 Å². The highest BCUT2D eigenvalue weighted by Crippen LogP contribution is 2.32. The third-order valence-electron chi connectivity index (χ3n) is 2.95. The van der Waals surface area contributed by atoms with Crippen LogP contribution >= 0.6 is 15.9 Å². The average Bonchev–Trinajstić information content (AvgIpc) is 2.65. The van der Waals surface area contributed by atoms with Gasteiger partial charge in [-0.05, 0) is 28.1 Å². The van der Waals surface area contributed by atoms with E-state index in [1.807, 2.05) is 0 Å². The van der Waals surface area contributed by atoms with Crippen molar-refractivity contribution >= 4 is 37.7 Å². The maximum Gasteiger partial charge on any atom is 0.302 e. The molecule has 0 radical (unpaired) electrons. The van der Waals surface area contributed by atoms with Crippen LogP contribution in [0.4, 0.5) is 18.4 Å². The van der Waals surface area contributed by atoms with Gasteiger partial charge in [-0.25, -0.2) is 8.78 Å². The first-order valence-electron chi connectivity index (χ1n) is 5.55. The Labute approximate surface area is 121 Å². The summed E-state index contributed by atoms with van der Waals surface area (Å²) < 4.78 is 60.3. The number of benzene rings is 1. The van der Waals surface area contributed by atoms with E-state index in [0.717, 1.165) is 17.0 Å². The molecule has 1 unspecified atom stereocenters. The van der Waals surface area contributed by atoms with E-state index in [1.54, 1.807) is 0 Å². The van der Waals surface area contributed by atoms with Crippen LogP contribution in [0.25, 0.3) is 0 Å². The highest BCUT2D eigenvalue weighted by molar-refractivity contribution is 9.10. The molecule has 1 aromatic rings. The molecule has 110 valence electrons. The monoisotopic (exact) mass is 371 g/mol. The minimum atomic E-state index is -4.70. The number of hydrogen-bond donors (Lipinski definition) is 0. The van der Waals surface area contributed by atoms with E-state index in [-0.39, 0.29) is 18.7 Å². The molecule has 1 atom stereocenters. The van der Waals surface area contributed by atoms with Crippen molar-refractivity contribution in [3.8, 4) is 0 Å². The van der Waals surface area contributed by atoms with Crippen LogP contribution in [-0.4, -0.2) is 26.6 Å². The van der Waals surface area contributed by atoms with Gasteiger partial charge in [0, 0.05) is 18.9 Å². The maximum absolute atomic E-state index is 13.9. The number of anilines is 1. The van der Waals surface area contributed by atoms with E-state index in [0.29, 0.717) is 0 Å². The molecule has 9 heteroatoms. The van der Waals surface area contributed by atoms with Gasteiger partial charge in [0.25, 0.3) is 0 Å². The Bertz CT molecular complexity index is 665. The molecule has 2 rings (SSSR count). The molecule has 0 bridgehead atoms. The molecule has 1 aliphatic heterocycles. The molecule has 4 nitrogen and oxygen atoms in total. The zero-order valence-electron chi connectivity index (χ0n) is 9.95. The van der Waals surface area contributed by atoms with E-state index in [1.165, 1.54) is 0 Å². The SMILES string of the molecule is O=C1CC(CS(=O)(=O)F)CN1c1ccc(F)c(Br)c1F. The Morgan fingerprint density at radius 1 is 1.35 bits per heavy atom. The summed E-state index contributed by atoms with van der Waals surface area (Å²) in [6.45, 7) is -0.128. The number of rotatable bonds is 3. The van der Waals surface area contributed by atoms with Crippen molar-refractivity contribution in [2.45, 2.75) is 6.42 Å². The van der Waals surface area contributed by atoms with Crippen LogP contribution in [0, 0.1) is 17.6 Å². The lowest BCUT2D eigenvalue weighted by atomic mass is 10.1. The second kappa shape index (κ2) is 5.36. The molecule has 0 saturated carbocycles. The van der Waals surface area contributed by atoms with Crippen LogP contribution in [0.3, 0.4) is 0 Å². The van der Waals surface area contributed by atoms with Crippen molar-refractivity contribution in [2.75, 3.05) is 17.2 Å². The first-order valence-corrected chi connectivity index (χ1v) is 7.90. The lowest BCUT2D eigenvalue weighted by Crippen LogP contribution is -2.26. The smallest absolute Gasteiger partial charge is 0.302 e. The minimum absolute atomic E-state index is 0.128. The molecule has 0 spiro atoms. The molecular weight excluding hydrogens is 363 g/mol. The summed E-state index contributed by atoms with van der Waals surface area (Å²) in [6, 6.07) is 2.06. The van der Waals surface area contributed by atoms with E-state index in [2.05, 4.69) is 15.9 Å². The molecule has 1 fully saturated rings. The molecule has 1 amide bonds. The quantitative estimate of drug-likeness (QED) is 0.605. The Morgan fingerprint density at radius 2 is 2.00 bits per heavy atom. The Morgan fingerprint density at radius 3 is 2.60 bits per heavy atom. The maximum atomic E-state index is 13.9. The van der Waals surface area contributed by atoms with Gasteiger partial charge in [-0.15, -0.1) is 3.89 Å². The largest absolute Gasteiger partial charge is 0.309 e. The van der Waals surface area contributed by atoms with Gasteiger partial charge in [-0.3, -0.25) is 4.79 Å². The fraction of sp³-hybridized carbons (Fsp3) is 0.364. The van der Waals surface area contributed by atoms with Gasteiger partial charge in [0.1, 0.15) is 5.82 Å². The lowest BCUT2D eigenvalue weighted by Gasteiger charge is -2.18. The van der Waals surface area contributed by atoms with E-state index in [9.17, 15) is 25.9 Å². The summed E-state index contributed by atoms with van der Waals surface area (Å²) in [6.07, 6.45) is -0.197. The van der Waals surface area contributed by atoms with Crippen molar-refractivity contribution < 1.29 is 25.9 Å². The van der Waals surface area contributed by atoms with Gasteiger partial charge in [-0.1, -0.05) is 0 Å². The number of nitrogens with zero attached hydrogens (tertiary/aromatic N) is 1. The van der Waals surface area contributed by atoms with E-state index in [4.69, 9.17) is 0 Å². The number of carbonyl (C=O) groups is 1. The van der Waals surface area contributed by atoms with Crippen LogP contribution in [0.1, 0.15) is 6.42 Å². The zero-order chi connectivity index (χ0) is 15.1. The molecule has 0 N–H and O–H groups in total. The van der Waals surface area contributed by atoms with Crippen molar-refractivity contribution in [1.82, 2.24) is 0 Å². The number of halogens is 4. The van der Waals surface area contributed by atoms with Gasteiger partial charge in [0.2, 0.25) is 5.91 Å². The van der Waals surface area contributed by atoms with Gasteiger partial charge < -0.3 is 4.90 Å². The molecule has 1 aliphatic rings. The lowest BCUT2D eigenvalue weighted by molar-refractivity contribution is -0.117. The zero-order valence-corrected chi connectivity index (χ0v) is 12.3. The normalized spacial score (nSPS) is 19.7. The molecule has 0 aromatic heterocycles. The molecular formula is C11H9BrF3NO3S. The first kappa shape index (κ1) is 15.3. The highest BCUT2D eigenvalue weighted by Gasteiger charge is 2.35. The number of carbonyl (C=O) groups excluding carboxylic acids is 1. The van der Waals surface area contributed by atoms with Crippen LogP contribution < -0.4 is 4.90 Å². The number of amides is 1.